The van der Waals surface area contributed by atoms with Gasteiger partial charge in [0.25, 0.3) is 0 Å². The van der Waals surface area contributed by atoms with Crippen LogP contribution < -0.4 is 15.4 Å². The fourth-order valence-electron chi connectivity index (χ4n) is 3.07. The summed E-state index contributed by atoms with van der Waals surface area (Å²) in [6, 6.07) is 12.4. The number of carbonyl (C=O) groups is 1. The molecule has 2 aromatic carbocycles. The van der Waals surface area contributed by atoms with Gasteiger partial charge < -0.3 is 25.3 Å². The number of aromatic nitrogens is 1. The molecule has 0 aliphatic heterocycles. The van der Waals surface area contributed by atoms with Crippen molar-refractivity contribution in [3.8, 4) is 5.75 Å². The average molecular weight is 553 g/mol. The number of halogens is 2. The van der Waals surface area contributed by atoms with Crippen molar-refractivity contribution in [3.63, 3.8) is 0 Å². The van der Waals surface area contributed by atoms with Gasteiger partial charge in [0.1, 0.15) is 11.6 Å². The Morgan fingerprint density at radius 3 is 2.59 bits per heavy atom. The SMILES string of the molecule is COc1ccc(CN=C(NCCc2c[nH]c3ccc(F)cc23)NCC(=O)N(C)C)cc1.I. The third-order valence-corrected chi connectivity index (χ3v) is 4.90. The summed E-state index contributed by atoms with van der Waals surface area (Å²) in [7, 11) is 5.05. The van der Waals surface area contributed by atoms with Crippen LogP contribution in [0.2, 0.25) is 0 Å². The van der Waals surface area contributed by atoms with Crippen molar-refractivity contribution in [3.05, 3.63) is 65.6 Å². The van der Waals surface area contributed by atoms with E-state index in [1.807, 2.05) is 30.5 Å². The first-order valence-corrected chi connectivity index (χ1v) is 10.1. The molecule has 3 N–H and O–H groups in total. The molecule has 9 heteroatoms. The molecule has 32 heavy (non-hydrogen) atoms. The zero-order valence-corrected chi connectivity index (χ0v) is 20.8. The number of hydrogen-bond donors (Lipinski definition) is 3. The minimum Gasteiger partial charge on any atom is -0.497 e. The highest BCUT2D eigenvalue weighted by Gasteiger charge is 2.08. The van der Waals surface area contributed by atoms with E-state index in [1.54, 1.807) is 27.3 Å². The smallest absolute Gasteiger partial charge is 0.241 e. The number of H-pyrrole nitrogens is 1. The van der Waals surface area contributed by atoms with Gasteiger partial charge >= 0.3 is 0 Å². The number of likely N-dealkylation sites (N-methyl/N-ethyl adjacent to an activating group) is 1. The summed E-state index contributed by atoms with van der Waals surface area (Å²) in [6.07, 6.45) is 2.57. The molecular formula is C23H29FIN5O2. The number of amides is 1. The Bertz CT molecular complexity index is 1050. The van der Waals surface area contributed by atoms with Gasteiger partial charge in [0.05, 0.1) is 20.2 Å². The maximum Gasteiger partial charge on any atom is 0.241 e. The van der Waals surface area contributed by atoms with Crippen LogP contribution in [0.25, 0.3) is 10.9 Å². The highest BCUT2D eigenvalue weighted by molar-refractivity contribution is 14.0. The molecule has 0 saturated heterocycles. The number of carbonyl (C=O) groups excluding carboxylic acids is 1. The minimum absolute atomic E-state index is 0. The van der Waals surface area contributed by atoms with Crippen LogP contribution in [0.3, 0.4) is 0 Å². The van der Waals surface area contributed by atoms with Crippen molar-refractivity contribution >= 4 is 46.7 Å². The molecule has 3 rings (SSSR count). The Labute approximate surface area is 204 Å². The molecule has 1 amide bonds. The molecular weight excluding hydrogens is 524 g/mol. The molecule has 0 bridgehead atoms. The maximum atomic E-state index is 13.6. The van der Waals surface area contributed by atoms with E-state index in [2.05, 4.69) is 20.6 Å². The summed E-state index contributed by atoms with van der Waals surface area (Å²) in [4.78, 5) is 21.2. The van der Waals surface area contributed by atoms with Crippen LogP contribution in [0.5, 0.6) is 5.75 Å². The average Bonchev–Trinajstić information content (AvgIpc) is 3.17. The number of rotatable bonds is 8. The van der Waals surface area contributed by atoms with E-state index in [-0.39, 0.29) is 42.2 Å². The van der Waals surface area contributed by atoms with Gasteiger partial charge in [-0.2, -0.15) is 0 Å². The standard InChI is InChI=1S/C23H28FN5O2.HI/c1-29(2)22(30)15-28-23(27-13-16-4-7-19(31-3)8-5-16)25-11-10-17-14-26-21-9-6-18(24)12-20(17)21;/h4-9,12,14,26H,10-11,13,15H2,1-3H3,(H2,25,27,28);1H. The van der Waals surface area contributed by atoms with Crippen molar-refractivity contribution in [1.82, 2.24) is 20.5 Å². The van der Waals surface area contributed by atoms with E-state index < -0.39 is 0 Å². The Balaban J connectivity index is 0.00000363. The van der Waals surface area contributed by atoms with Crippen molar-refractivity contribution in [2.45, 2.75) is 13.0 Å². The molecule has 0 radical (unpaired) electrons. The number of methoxy groups -OCH3 is 1. The van der Waals surface area contributed by atoms with Crippen LogP contribution in [0.15, 0.2) is 53.7 Å². The molecule has 0 fully saturated rings. The Morgan fingerprint density at radius 1 is 1.16 bits per heavy atom. The molecule has 1 heterocycles. The summed E-state index contributed by atoms with van der Waals surface area (Å²) in [5.41, 5.74) is 2.94. The second-order valence-corrected chi connectivity index (χ2v) is 7.34. The van der Waals surface area contributed by atoms with Gasteiger partial charge in [-0.05, 0) is 47.9 Å². The van der Waals surface area contributed by atoms with Crippen molar-refractivity contribution < 1.29 is 13.9 Å². The fraction of sp³-hybridized carbons (Fsp3) is 0.304. The molecule has 0 aliphatic carbocycles. The largest absolute Gasteiger partial charge is 0.497 e. The molecule has 0 saturated carbocycles. The van der Waals surface area contributed by atoms with E-state index >= 15 is 0 Å². The second-order valence-electron chi connectivity index (χ2n) is 7.34. The molecule has 0 atom stereocenters. The molecule has 0 spiro atoms. The fourth-order valence-corrected chi connectivity index (χ4v) is 3.07. The second kappa shape index (κ2) is 12.3. The number of aromatic amines is 1. The van der Waals surface area contributed by atoms with Crippen LogP contribution in [-0.4, -0.2) is 56.0 Å². The molecule has 1 aromatic heterocycles. The lowest BCUT2D eigenvalue weighted by Gasteiger charge is -2.15. The van der Waals surface area contributed by atoms with E-state index in [0.717, 1.165) is 27.8 Å². The zero-order chi connectivity index (χ0) is 22.2. The molecule has 3 aromatic rings. The van der Waals surface area contributed by atoms with Crippen molar-refractivity contribution in [1.29, 1.82) is 0 Å². The lowest BCUT2D eigenvalue weighted by atomic mass is 10.1. The maximum absolute atomic E-state index is 13.6. The molecule has 0 aliphatic rings. The first-order valence-electron chi connectivity index (χ1n) is 10.1. The van der Waals surface area contributed by atoms with Gasteiger partial charge in [-0.25, -0.2) is 9.38 Å². The summed E-state index contributed by atoms with van der Waals surface area (Å²) in [5.74, 6) is 1.02. The normalized spacial score (nSPS) is 11.1. The first-order chi connectivity index (χ1) is 15.0. The lowest BCUT2D eigenvalue weighted by molar-refractivity contribution is -0.127. The quantitative estimate of drug-likeness (QED) is 0.227. The lowest BCUT2D eigenvalue weighted by Crippen LogP contribution is -2.43. The Hall–Kier alpha value is -2.82. The third-order valence-electron chi connectivity index (χ3n) is 4.90. The number of aliphatic imine (C=N–C) groups is 1. The molecule has 172 valence electrons. The van der Waals surface area contributed by atoms with Crippen LogP contribution in [0.1, 0.15) is 11.1 Å². The third kappa shape index (κ3) is 7.11. The first kappa shape index (κ1) is 25.4. The number of fused-ring (bicyclic) bond motifs is 1. The number of nitrogens with zero attached hydrogens (tertiary/aromatic N) is 2. The van der Waals surface area contributed by atoms with Gasteiger partial charge in [-0.3, -0.25) is 4.79 Å². The van der Waals surface area contributed by atoms with Gasteiger partial charge in [-0.15, -0.1) is 24.0 Å². The number of ether oxygens (including phenoxy) is 1. The highest BCUT2D eigenvalue weighted by Crippen LogP contribution is 2.19. The van der Waals surface area contributed by atoms with E-state index in [0.29, 0.717) is 25.5 Å². The van der Waals surface area contributed by atoms with Crippen LogP contribution in [0, 0.1) is 5.82 Å². The topological polar surface area (TPSA) is 81.7 Å². The van der Waals surface area contributed by atoms with E-state index in [9.17, 15) is 9.18 Å². The van der Waals surface area contributed by atoms with Crippen LogP contribution in [-0.2, 0) is 17.8 Å². The monoisotopic (exact) mass is 553 g/mol. The van der Waals surface area contributed by atoms with Gasteiger partial charge in [0, 0.05) is 37.7 Å². The zero-order valence-electron chi connectivity index (χ0n) is 18.4. The van der Waals surface area contributed by atoms with Gasteiger partial charge in [0.15, 0.2) is 5.96 Å². The summed E-state index contributed by atoms with van der Waals surface area (Å²) in [6.45, 7) is 1.17. The van der Waals surface area contributed by atoms with E-state index in [1.165, 1.54) is 17.0 Å². The Morgan fingerprint density at radius 2 is 1.91 bits per heavy atom. The number of guanidine groups is 1. The summed E-state index contributed by atoms with van der Waals surface area (Å²) < 4.78 is 18.8. The predicted molar refractivity (Wildman–Crippen MR) is 136 cm³/mol. The molecule has 0 unspecified atom stereocenters. The summed E-state index contributed by atoms with van der Waals surface area (Å²) >= 11 is 0. The summed E-state index contributed by atoms with van der Waals surface area (Å²) in [5, 5.41) is 7.21. The van der Waals surface area contributed by atoms with Crippen molar-refractivity contribution in [2.75, 3.05) is 34.3 Å². The highest BCUT2D eigenvalue weighted by atomic mass is 127. The van der Waals surface area contributed by atoms with E-state index in [4.69, 9.17) is 4.74 Å². The van der Waals surface area contributed by atoms with Crippen LogP contribution in [0.4, 0.5) is 4.39 Å². The van der Waals surface area contributed by atoms with Crippen molar-refractivity contribution in [2.24, 2.45) is 4.99 Å². The Kier molecular flexibility index (Phi) is 9.76. The van der Waals surface area contributed by atoms with Crippen LogP contribution >= 0.6 is 24.0 Å². The number of nitrogens with one attached hydrogen (secondary N) is 3. The predicted octanol–water partition coefficient (Wildman–Crippen LogP) is 3.30. The minimum atomic E-state index is -0.257. The van der Waals surface area contributed by atoms with Gasteiger partial charge in [-0.1, -0.05) is 12.1 Å². The molecule has 7 nitrogen and oxygen atoms in total. The number of hydrogen-bond acceptors (Lipinski definition) is 3. The van der Waals surface area contributed by atoms with Gasteiger partial charge in [0.2, 0.25) is 5.91 Å². The number of benzene rings is 2.